The van der Waals surface area contributed by atoms with Gasteiger partial charge in [-0.15, -0.1) is 0 Å². The normalized spacial score (nSPS) is 32.1. The molecule has 1 rings (SSSR count). The number of imide groups is 1. The van der Waals surface area contributed by atoms with E-state index in [-0.39, 0.29) is 0 Å². The first kappa shape index (κ1) is 7.93. The monoisotopic (exact) mass is 162 g/mol. The zero-order valence-corrected chi connectivity index (χ0v) is 5.74. The molecule has 11 heavy (non-hydrogen) atoms. The van der Waals surface area contributed by atoms with Crippen LogP contribution >= 0.6 is 0 Å². The Hall–Kier alpha value is -1.17. The maximum atomic E-state index is 12.5. The van der Waals surface area contributed by atoms with Crippen molar-refractivity contribution in [2.75, 3.05) is 7.05 Å². The molecule has 2 unspecified atom stereocenters. The van der Waals surface area contributed by atoms with Crippen LogP contribution in [0.25, 0.3) is 0 Å². The van der Waals surface area contributed by atoms with Crippen LogP contribution in [0.1, 0.15) is 0 Å². The molecule has 0 aromatic rings. The van der Waals surface area contributed by atoms with Gasteiger partial charge >= 0.3 is 6.03 Å². The second-order valence-corrected chi connectivity index (χ2v) is 2.22. The number of urea groups is 1. The molecule has 1 saturated heterocycles. The number of alkyl halides is 1. The number of hydrogen-bond acceptors (Lipinski definition) is 3. The van der Waals surface area contributed by atoms with E-state index in [0.717, 1.165) is 0 Å². The fraction of sp³-hybridized carbons (Fsp3) is 0.600. The van der Waals surface area contributed by atoms with E-state index in [1.54, 1.807) is 5.32 Å². The number of rotatable bonds is 0. The van der Waals surface area contributed by atoms with Crippen molar-refractivity contribution in [3.63, 3.8) is 0 Å². The third-order valence-corrected chi connectivity index (χ3v) is 1.46. The molecule has 62 valence electrons. The molecule has 0 bridgehead atoms. The largest absolute Gasteiger partial charge is 0.370 e. The van der Waals surface area contributed by atoms with Gasteiger partial charge in [-0.2, -0.15) is 0 Å². The van der Waals surface area contributed by atoms with Gasteiger partial charge in [0.2, 0.25) is 6.17 Å². The second kappa shape index (κ2) is 2.46. The summed E-state index contributed by atoms with van der Waals surface area (Å²) in [5, 5.41) is 10.6. The van der Waals surface area contributed by atoms with Gasteiger partial charge in [0, 0.05) is 7.05 Å². The van der Waals surface area contributed by atoms with Crippen molar-refractivity contribution in [2.45, 2.75) is 12.4 Å². The highest BCUT2D eigenvalue weighted by atomic mass is 19.1. The summed E-state index contributed by atoms with van der Waals surface area (Å²) in [5.74, 6) is -1.10. The van der Waals surface area contributed by atoms with Crippen molar-refractivity contribution in [2.24, 2.45) is 0 Å². The highest BCUT2D eigenvalue weighted by Crippen LogP contribution is 2.08. The zero-order valence-electron chi connectivity index (χ0n) is 5.74. The minimum Gasteiger partial charge on any atom is -0.370 e. The van der Waals surface area contributed by atoms with Crippen molar-refractivity contribution < 1.29 is 19.1 Å². The summed E-state index contributed by atoms with van der Waals surface area (Å²) in [6, 6.07) is -0.795. The van der Waals surface area contributed by atoms with E-state index >= 15 is 0 Å². The summed E-state index contributed by atoms with van der Waals surface area (Å²) in [7, 11) is 1.19. The van der Waals surface area contributed by atoms with Crippen LogP contribution in [0.2, 0.25) is 0 Å². The molecule has 0 spiro atoms. The first-order valence-electron chi connectivity index (χ1n) is 2.94. The fourth-order valence-corrected chi connectivity index (χ4v) is 0.714. The van der Waals surface area contributed by atoms with E-state index in [1.165, 1.54) is 7.05 Å². The van der Waals surface area contributed by atoms with Crippen LogP contribution in [0.3, 0.4) is 0 Å². The number of aliphatic hydroxyl groups is 1. The molecule has 0 radical (unpaired) electrons. The Kier molecular flexibility index (Phi) is 1.77. The van der Waals surface area contributed by atoms with Gasteiger partial charge in [0.1, 0.15) is 0 Å². The Labute approximate surface area is 61.8 Å². The molecular formula is C5H7FN2O3. The lowest BCUT2D eigenvalue weighted by molar-refractivity contribution is -0.137. The molecule has 0 saturated carbocycles. The molecule has 0 aromatic carbocycles. The Bertz CT molecular complexity index is 188. The Morgan fingerprint density at radius 1 is 1.64 bits per heavy atom. The van der Waals surface area contributed by atoms with Crippen LogP contribution in [0, 0.1) is 0 Å². The number of carbonyl (C=O) groups is 2. The number of nitrogens with one attached hydrogen (secondary N) is 1. The summed E-state index contributed by atoms with van der Waals surface area (Å²) in [5.41, 5.74) is 0. The topological polar surface area (TPSA) is 69.6 Å². The summed E-state index contributed by atoms with van der Waals surface area (Å²) >= 11 is 0. The molecule has 2 N–H and O–H groups in total. The molecule has 5 nitrogen and oxygen atoms in total. The van der Waals surface area contributed by atoms with Gasteiger partial charge in [-0.3, -0.25) is 15.0 Å². The Morgan fingerprint density at radius 2 is 2.18 bits per heavy atom. The molecule has 0 aliphatic carbocycles. The summed E-state index contributed by atoms with van der Waals surface area (Å²) in [4.78, 5) is 21.8. The zero-order chi connectivity index (χ0) is 8.59. The predicted molar refractivity (Wildman–Crippen MR) is 32.2 cm³/mol. The molecular weight excluding hydrogens is 155 g/mol. The summed E-state index contributed by atoms with van der Waals surface area (Å²) < 4.78 is 12.5. The number of nitrogens with zero attached hydrogens (tertiary/aromatic N) is 1. The van der Waals surface area contributed by atoms with Crippen molar-refractivity contribution in [1.82, 2.24) is 10.2 Å². The van der Waals surface area contributed by atoms with Crippen molar-refractivity contribution >= 4 is 11.9 Å². The first-order valence-corrected chi connectivity index (χ1v) is 2.94. The molecule has 1 aliphatic rings. The molecule has 0 aromatic heterocycles. The number of aliphatic hydroxyl groups excluding tert-OH is 1. The molecule has 1 heterocycles. The van der Waals surface area contributed by atoms with Crippen LogP contribution < -0.4 is 5.32 Å². The summed E-state index contributed by atoms with van der Waals surface area (Å²) in [6.45, 7) is 0. The Morgan fingerprint density at radius 3 is 2.73 bits per heavy atom. The average molecular weight is 162 g/mol. The predicted octanol–water partition coefficient (Wildman–Crippen LogP) is -1.18. The smallest absolute Gasteiger partial charge is 0.326 e. The van der Waals surface area contributed by atoms with E-state index in [2.05, 4.69) is 0 Å². The van der Waals surface area contributed by atoms with Gasteiger partial charge in [0.05, 0.1) is 0 Å². The fourth-order valence-electron chi connectivity index (χ4n) is 0.714. The summed E-state index contributed by atoms with van der Waals surface area (Å²) in [6.07, 6.45) is -3.73. The van der Waals surface area contributed by atoms with Gasteiger partial charge < -0.3 is 5.11 Å². The van der Waals surface area contributed by atoms with Gasteiger partial charge in [-0.25, -0.2) is 9.18 Å². The maximum Gasteiger partial charge on any atom is 0.326 e. The van der Waals surface area contributed by atoms with Crippen LogP contribution in [-0.4, -0.2) is 41.4 Å². The highest BCUT2D eigenvalue weighted by molar-refractivity contribution is 5.99. The van der Waals surface area contributed by atoms with E-state index in [0.29, 0.717) is 4.90 Å². The lowest BCUT2D eigenvalue weighted by Gasteiger charge is -2.30. The van der Waals surface area contributed by atoms with E-state index < -0.39 is 24.3 Å². The van der Waals surface area contributed by atoms with E-state index in [9.17, 15) is 14.0 Å². The van der Waals surface area contributed by atoms with Crippen LogP contribution in [0.4, 0.5) is 9.18 Å². The molecule has 1 aliphatic heterocycles. The third-order valence-electron chi connectivity index (χ3n) is 1.46. The number of hydrogen-bond donors (Lipinski definition) is 2. The number of amides is 3. The van der Waals surface area contributed by atoms with Crippen LogP contribution in [0.15, 0.2) is 0 Å². The quantitative estimate of drug-likeness (QED) is 0.471. The van der Waals surface area contributed by atoms with Crippen molar-refractivity contribution in [1.29, 1.82) is 0 Å². The average Bonchev–Trinajstić information content (AvgIpc) is 1.97. The lowest BCUT2D eigenvalue weighted by atomic mass is 10.2. The number of carbonyl (C=O) groups excluding carboxylic acids is 2. The van der Waals surface area contributed by atoms with Gasteiger partial charge in [-0.05, 0) is 0 Å². The lowest BCUT2D eigenvalue weighted by Crippen LogP contribution is -2.59. The molecule has 1 fully saturated rings. The SMILES string of the molecule is CN1C(=O)NC(=O)C(F)C1O. The van der Waals surface area contributed by atoms with Crippen LogP contribution in [-0.2, 0) is 4.79 Å². The first-order chi connectivity index (χ1) is 5.04. The van der Waals surface area contributed by atoms with Gasteiger partial charge in [0.25, 0.3) is 5.91 Å². The van der Waals surface area contributed by atoms with E-state index in [4.69, 9.17) is 5.11 Å². The molecule has 2 atom stereocenters. The van der Waals surface area contributed by atoms with Crippen molar-refractivity contribution in [3.8, 4) is 0 Å². The molecule has 6 heteroatoms. The maximum absolute atomic E-state index is 12.5. The number of halogens is 1. The highest BCUT2D eigenvalue weighted by Gasteiger charge is 2.38. The Balaban J connectivity index is 2.78. The minimum atomic E-state index is -2.06. The van der Waals surface area contributed by atoms with Gasteiger partial charge in [0.15, 0.2) is 6.23 Å². The van der Waals surface area contributed by atoms with Gasteiger partial charge in [-0.1, -0.05) is 0 Å². The van der Waals surface area contributed by atoms with Crippen molar-refractivity contribution in [3.05, 3.63) is 0 Å². The molecule has 3 amide bonds. The van der Waals surface area contributed by atoms with Crippen LogP contribution in [0.5, 0.6) is 0 Å². The minimum absolute atomic E-state index is 0.714. The third kappa shape index (κ3) is 1.16. The standard InChI is InChI=1S/C5H7FN2O3/c1-8-4(10)2(6)3(9)7-5(8)11/h2,4,10H,1H3,(H,7,9,11). The van der Waals surface area contributed by atoms with E-state index in [1.807, 2.05) is 0 Å². The second-order valence-electron chi connectivity index (χ2n) is 2.22.